The molecule has 0 bridgehead atoms. The van der Waals surface area contributed by atoms with Gasteiger partial charge in [-0.1, -0.05) is 6.92 Å². The lowest BCUT2D eigenvalue weighted by Crippen LogP contribution is -2.39. The first-order valence-electron chi connectivity index (χ1n) is 6.46. The molecule has 0 aromatic carbocycles. The highest BCUT2D eigenvalue weighted by Gasteiger charge is 2.19. The van der Waals surface area contributed by atoms with Crippen LogP contribution in [0.15, 0.2) is 6.07 Å². The number of aromatic nitrogens is 2. The molecule has 1 rings (SSSR count). The molecule has 1 aromatic rings. The van der Waals surface area contributed by atoms with Gasteiger partial charge in [-0.05, 0) is 27.2 Å². The van der Waals surface area contributed by atoms with Crippen LogP contribution < -0.4 is 10.6 Å². The second-order valence-corrected chi connectivity index (χ2v) is 5.14. The molecule has 3 N–H and O–H groups in total. The van der Waals surface area contributed by atoms with Gasteiger partial charge in [-0.15, -0.1) is 0 Å². The number of anilines is 2. The number of hydrogen-bond acceptors (Lipinski definition) is 5. The van der Waals surface area contributed by atoms with Crippen LogP contribution in [0.5, 0.6) is 0 Å². The second-order valence-electron chi connectivity index (χ2n) is 5.14. The summed E-state index contributed by atoms with van der Waals surface area (Å²) in [4.78, 5) is 10.7. The largest absolute Gasteiger partial charge is 0.389 e. The Morgan fingerprint density at radius 3 is 2.50 bits per heavy atom. The summed E-state index contributed by atoms with van der Waals surface area (Å²) in [5.74, 6) is 2.04. The number of likely N-dealkylation sites (N-methyl/N-ethyl adjacent to an activating group) is 1. The third-order valence-electron chi connectivity index (χ3n) is 2.54. The Morgan fingerprint density at radius 2 is 2.00 bits per heavy atom. The average molecular weight is 252 g/mol. The van der Waals surface area contributed by atoms with Crippen LogP contribution in [0.3, 0.4) is 0 Å². The van der Waals surface area contributed by atoms with Crippen LogP contribution in [-0.4, -0.2) is 33.8 Å². The number of hydrogen-bond donors (Lipinski definition) is 2. The summed E-state index contributed by atoms with van der Waals surface area (Å²) in [5.41, 5.74) is 5.04. The van der Waals surface area contributed by atoms with Crippen molar-refractivity contribution in [3.05, 3.63) is 11.9 Å². The molecule has 5 heteroatoms. The number of rotatable bonds is 6. The SMILES string of the molecule is CCCc1nc(N)cc(N(CC)CC(C)(C)O)n1. The zero-order valence-electron chi connectivity index (χ0n) is 11.8. The van der Waals surface area contributed by atoms with Gasteiger partial charge in [-0.25, -0.2) is 9.97 Å². The van der Waals surface area contributed by atoms with Gasteiger partial charge in [0.05, 0.1) is 5.60 Å². The number of nitrogens with two attached hydrogens (primary N) is 1. The second kappa shape index (κ2) is 6.00. The summed E-state index contributed by atoms with van der Waals surface area (Å²) in [6.07, 6.45) is 1.80. The van der Waals surface area contributed by atoms with Crippen LogP contribution in [0, 0.1) is 0 Å². The van der Waals surface area contributed by atoms with Gasteiger partial charge in [0.25, 0.3) is 0 Å². The van der Waals surface area contributed by atoms with E-state index in [0.717, 1.165) is 31.0 Å². The molecule has 0 radical (unpaired) electrons. The summed E-state index contributed by atoms with van der Waals surface area (Å²) in [7, 11) is 0. The topological polar surface area (TPSA) is 75.3 Å². The number of aliphatic hydroxyl groups is 1. The van der Waals surface area contributed by atoms with E-state index in [1.165, 1.54) is 0 Å². The fourth-order valence-corrected chi connectivity index (χ4v) is 1.82. The molecule has 0 aliphatic heterocycles. The van der Waals surface area contributed by atoms with Crippen LogP contribution in [0.1, 0.15) is 39.9 Å². The fraction of sp³-hybridized carbons (Fsp3) is 0.692. The van der Waals surface area contributed by atoms with Crippen LogP contribution in [0.2, 0.25) is 0 Å². The predicted octanol–water partition coefficient (Wildman–Crippen LogP) is 1.61. The van der Waals surface area contributed by atoms with Crippen LogP contribution in [0.4, 0.5) is 11.6 Å². The zero-order valence-corrected chi connectivity index (χ0v) is 11.8. The lowest BCUT2D eigenvalue weighted by molar-refractivity contribution is 0.0874. The van der Waals surface area contributed by atoms with Crippen LogP contribution >= 0.6 is 0 Å². The minimum Gasteiger partial charge on any atom is -0.389 e. The predicted molar refractivity (Wildman–Crippen MR) is 74.6 cm³/mol. The van der Waals surface area contributed by atoms with Gasteiger partial charge in [0, 0.05) is 25.6 Å². The smallest absolute Gasteiger partial charge is 0.134 e. The maximum atomic E-state index is 9.91. The lowest BCUT2D eigenvalue weighted by atomic mass is 10.1. The van der Waals surface area contributed by atoms with E-state index in [4.69, 9.17) is 5.73 Å². The monoisotopic (exact) mass is 252 g/mol. The van der Waals surface area contributed by atoms with Crippen molar-refractivity contribution in [2.45, 2.75) is 46.1 Å². The van der Waals surface area contributed by atoms with E-state index >= 15 is 0 Å². The summed E-state index contributed by atoms with van der Waals surface area (Å²) in [6, 6.07) is 1.76. The molecule has 0 spiro atoms. The van der Waals surface area contributed by atoms with Gasteiger partial charge < -0.3 is 15.7 Å². The van der Waals surface area contributed by atoms with Crippen molar-refractivity contribution >= 4 is 11.6 Å². The maximum absolute atomic E-state index is 9.91. The summed E-state index contributed by atoms with van der Waals surface area (Å²) >= 11 is 0. The van der Waals surface area contributed by atoms with Gasteiger partial charge in [0.1, 0.15) is 17.5 Å². The summed E-state index contributed by atoms with van der Waals surface area (Å²) < 4.78 is 0. The lowest BCUT2D eigenvalue weighted by Gasteiger charge is -2.29. The molecule has 0 aliphatic rings. The van der Waals surface area contributed by atoms with Crippen molar-refractivity contribution in [2.75, 3.05) is 23.7 Å². The van der Waals surface area contributed by atoms with Crippen LogP contribution in [-0.2, 0) is 6.42 Å². The summed E-state index contributed by atoms with van der Waals surface area (Å²) in [6.45, 7) is 8.97. The number of aryl methyl sites for hydroxylation is 1. The summed E-state index contributed by atoms with van der Waals surface area (Å²) in [5, 5.41) is 9.91. The first kappa shape index (κ1) is 14.7. The van der Waals surface area contributed by atoms with E-state index in [0.29, 0.717) is 12.4 Å². The molecule has 5 nitrogen and oxygen atoms in total. The standard InChI is InChI=1S/C13H24N4O/c1-5-7-11-15-10(14)8-12(16-11)17(6-2)9-13(3,4)18/h8,18H,5-7,9H2,1-4H3,(H2,14,15,16). The molecule has 18 heavy (non-hydrogen) atoms. The quantitative estimate of drug-likeness (QED) is 0.804. The Bertz CT molecular complexity index is 387. The van der Waals surface area contributed by atoms with E-state index in [1.807, 2.05) is 11.8 Å². The minimum atomic E-state index is -0.763. The Hall–Kier alpha value is -1.36. The number of nitrogen functional groups attached to an aromatic ring is 1. The highest BCUT2D eigenvalue weighted by Crippen LogP contribution is 2.17. The van der Waals surface area contributed by atoms with E-state index in [9.17, 15) is 5.11 Å². The van der Waals surface area contributed by atoms with Crippen molar-refractivity contribution in [1.82, 2.24) is 9.97 Å². The van der Waals surface area contributed by atoms with Gasteiger partial charge in [0.15, 0.2) is 0 Å². The first-order valence-corrected chi connectivity index (χ1v) is 6.46. The van der Waals surface area contributed by atoms with E-state index in [1.54, 1.807) is 19.9 Å². The first-order chi connectivity index (χ1) is 8.35. The van der Waals surface area contributed by atoms with Crippen molar-refractivity contribution in [3.63, 3.8) is 0 Å². The Kier molecular flexibility index (Phi) is 4.90. The fourth-order valence-electron chi connectivity index (χ4n) is 1.82. The molecule has 1 aromatic heterocycles. The Balaban J connectivity index is 2.98. The molecular weight excluding hydrogens is 228 g/mol. The highest BCUT2D eigenvalue weighted by molar-refractivity contribution is 5.47. The molecule has 0 amide bonds. The van der Waals surface area contributed by atoms with Gasteiger partial charge >= 0.3 is 0 Å². The van der Waals surface area contributed by atoms with Gasteiger partial charge in [0.2, 0.25) is 0 Å². The van der Waals surface area contributed by atoms with Crippen LogP contribution in [0.25, 0.3) is 0 Å². The van der Waals surface area contributed by atoms with Crippen molar-refractivity contribution in [2.24, 2.45) is 0 Å². The van der Waals surface area contributed by atoms with Crippen molar-refractivity contribution in [1.29, 1.82) is 0 Å². The molecule has 0 saturated heterocycles. The molecule has 0 aliphatic carbocycles. The van der Waals surface area contributed by atoms with Gasteiger partial charge in [-0.3, -0.25) is 0 Å². The molecule has 102 valence electrons. The van der Waals surface area contributed by atoms with Crippen molar-refractivity contribution < 1.29 is 5.11 Å². The van der Waals surface area contributed by atoms with E-state index in [2.05, 4.69) is 16.9 Å². The Morgan fingerprint density at radius 1 is 1.33 bits per heavy atom. The normalized spacial score (nSPS) is 11.6. The molecular formula is C13H24N4O. The Labute approximate surface area is 109 Å². The number of nitrogens with zero attached hydrogens (tertiary/aromatic N) is 3. The molecule has 0 unspecified atom stereocenters. The van der Waals surface area contributed by atoms with E-state index < -0.39 is 5.60 Å². The highest BCUT2D eigenvalue weighted by atomic mass is 16.3. The zero-order chi connectivity index (χ0) is 13.8. The molecule has 0 saturated carbocycles. The average Bonchev–Trinajstić information content (AvgIpc) is 2.24. The third kappa shape index (κ3) is 4.49. The van der Waals surface area contributed by atoms with Gasteiger partial charge in [-0.2, -0.15) is 0 Å². The molecule has 1 heterocycles. The molecule has 0 fully saturated rings. The molecule has 0 atom stereocenters. The van der Waals surface area contributed by atoms with Crippen molar-refractivity contribution in [3.8, 4) is 0 Å². The van der Waals surface area contributed by atoms with E-state index in [-0.39, 0.29) is 0 Å². The minimum absolute atomic E-state index is 0.484. The maximum Gasteiger partial charge on any atom is 0.134 e. The third-order valence-corrected chi connectivity index (χ3v) is 2.54.